The first-order chi connectivity index (χ1) is 11.3. The van der Waals surface area contributed by atoms with E-state index in [4.69, 9.17) is 4.98 Å². The first kappa shape index (κ1) is 14.9. The summed E-state index contributed by atoms with van der Waals surface area (Å²) in [5.74, 6) is 0. The van der Waals surface area contributed by atoms with E-state index in [-0.39, 0.29) is 0 Å². The number of para-hydroxylation sites is 2. The molecule has 0 bridgehead atoms. The molecule has 1 aromatic heterocycles. The first-order valence-corrected chi connectivity index (χ1v) is 9.13. The van der Waals surface area contributed by atoms with E-state index in [0.29, 0.717) is 0 Å². The van der Waals surface area contributed by atoms with Crippen LogP contribution in [0.4, 0.5) is 16.4 Å². The molecule has 2 aliphatic rings. The highest BCUT2D eigenvalue weighted by Crippen LogP contribution is 2.42. The molecule has 122 valence electrons. The normalized spacial score (nSPS) is 19.0. The van der Waals surface area contributed by atoms with Gasteiger partial charge < -0.3 is 10.2 Å². The Kier molecular flexibility index (Phi) is 3.97. The number of hydrogen-bond acceptors (Lipinski definition) is 6. The van der Waals surface area contributed by atoms with Crippen LogP contribution in [-0.2, 0) is 13.0 Å². The molecular formula is C17H23N5S. The van der Waals surface area contributed by atoms with Gasteiger partial charge in [-0.2, -0.15) is 0 Å². The Morgan fingerprint density at radius 2 is 1.96 bits per heavy atom. The number of aryl methyl sites for hydroxylation is 1. The zero-order chi connectivity index (χ0) is 15.8. The molecule has 0 radical (unpaired) electrons. The topological polar surface area (TPSA) is 34.6 Å². The summed E-state index contributed by atoms with van der Waals surface area (Å²) in [6, 6.07) is 8.59. The van der Waals surface area contributed by atoms with Crippen LogP contribution in [0.2, 0.25) is 0 Å². The van der Waals surface area contributed by atoms with Gasteiger partial charge in [-0.15, -0.1) is 0 Å². The van der Waals surface area contributed by atoms with Gasteiger partial charge in [0.15, 0.2) is 0 Å². The van der Waals surface area contributed by atoms with Crippen LogP contribution >= 0.6 is 11.3 Å². The smallest absolute Gasteiger partial charge is 0.136 e. The van der Waals surface area contributed by atoms with E-state index < -0.39 is 0 Å². The summed E-state index contributed by atoms with van der Waals surface area (Å²) in [7, 11) is 2.20. The zero-order valence-electron chi connectivity index (χ0n) is 13.7. The molecule has 5 nitrogen and oxygen atoms in total. The van der Waals surface area contributed by atoms with Gasteiger partial charge in [-0.05, 0) is 25.6 Å². The van der Waals surface area contributed by atoms with E-state index in [1.54, 1.807) is 0 Å². The third-order valence-electron chi connectivity index (χ3n) is 4.56. The van der Waals surface area contributed by atoms with Crippen molar-refractivity contribution in [1.82, 2.24) is 14.9 Å². The van der Waals surface area contributed by atoms with E-state index in [0.717, 1.165) is 39.1 Å². The number of aromatic nitrogens is 1. The number of thiazole rings is 1. The van der Waals surface area contributed by atoms with Crippen LogP contribution in [0.1, 0.15) is 17.6 Å². The molecule has 0 saturated carbocycles. The Bertz CT molecular complexity index is 690. The highest BCUT2D eigenvalue weighted by atomic mass is 32.1. The number of hydrogen-bond donors (Lipinski definition) is 1. The Labute approximate surface area is 141 Å². The molecule has 2 aliphatic heterocycles. The number of piperazine rings is 1. The Morgan fingerprint density at radius 3 is 2.74 bits per heavy atom. The first-order valence-electron chi connectivity index (χ1n) is 8.31. The van der Waals surface area contributed by atoms with Crippen molar-refractivity contribution in [2.75, 3.05) is 43.6 Å². The summed E-state index contributed by atoms with van der Waals surface area (Å²) in [6.07, 6.45) is 0.996. The van der Waals surface area contributed by atoms with Crippen molar-refractivity contribution in [3.05, 3.63) is 35.0 Å². The number of anilines is 3. The number of fused-ring (bicyclic) bond motifs is 2. The largest absolute Gasteiger partial charge is 0.378 e. The van der Waals surface area contributed by atoms with Crippen LogP contribution in [0, 0.1) is 0 Å². The van der Waals surface area contributed by atoms with E-state index in [1.807, 2.05) is 11.3 Å². The lowest BCUT2D eigenvalue weighted by molar-refractivity contribution is 0.155. The number of rotatable bonds is 2. The van der Waals surface area contributed by atoms with E-state index in [9.17, 15) is 0 Å². The average molecular weight is 329 g/mol. The average Bonchev–Trinajstić information content (AvgIpc) is 2.92. The monoisotopic (exact) mass is 329 g/mol. The van der Waals surface area contributed by atoms with Gasteiger partial charge in [0.05, 0.1) is 28.6 Å². The van der Waals surface area contributed by atoms with Crippen LogP contribution in [0.3, 0.4) is 0 Å². The molecule has 3 heterocycles. The summed E-state index contributed by atoms with van der Waals surface area (Å²) in [5.41, 5.74) is 3.60. The van der Waals surface area contributed by atoms with Crippen LogP contribution in [-0.4, -0.2) is 48.1 Å². The second kappa shape index (κ2) is 6.11. The quantitative estimate of drug-likeness (QED) is 0.916. The third kappa shape index (κ3) is 2.71. The minimum Gasteiger partial charge on any atom is -0.378 e. The van der Waals surface area contributed by atoms with Gasteiger partial charge in [0.25, 0.3) is 0 Å². The van der Waals surface area contributed by atoms with Crippen molar-refractivity contribution >= 4 is 27.7 Å². The van der Waals surface area contributed by atoms with Gasteiger partial charge in [0, 0.05) is 26.2 Å². The van der Waals surface area contributed by atoms with E-state index in [2.05, 4.69) is 58.5 Å². The predicted molar refractivity (Wildman–Crippen MR) is 96.5 cm³/mol. The van der Waals surface area contributed by atoms with Gasteiger partial charge in [-0.1, -0.05) is 30.4 Å². The maximum absolute atomic E-state index is 4.85. The zero-order valence-corrected chi connectivity index (χ0v) is 14.6. The minimum absolute atomic E-state index is 0.799. The number of benzene rings is 1. The Balaban J connectivity index is 1.79. The second-order valence-electron chi connectivity index (χ2n) is 6.15. The van der Waals surface area contributed by atoms with Crippen molar-refractivity contribution in [1.29, 1.82) is 0 Å². The second-order valence-corrected chi connectivity index (χ2v) is 7.21. The maximum Gasteiger partial charge on any atom is 0.136 e. The van der Waals surface area contributed by atoms with Crippen molar-refractivity contribution in [3.63, 3.8) is 0 Å². The number of nitrogens with zero attached hydrogens (tertiary/aromatic N) is 4. The molecule has 0 amide bonds. The number of nitrogens with one attached hydrogen (secondary N) is 1. The third-order valence-corrected chi connectivity index (χ3v) is 5.77. The standard InChI is InChI=1S/C17H23N5S/c1-3-16-19-14-12-18-13-6-4-5-7-15(13)22(17(14)23-16)21-10-8-20(2)9-11-21/h4-7,18H,3,8-12H2,1-2H3. The maximum atomic E-state index is 4.85. The lowest BCUT2D eigenvalue weighted by Crippen LogP contribution is -2.51. The SMILES string of the molecule is CCc1nc2c(s1)N(N1CCN(C)CC1)c1ccccc1NC2. The van der Waals surface area contributed by atoms with E-state index in [1.165, 1.54) is 27.1 Å². The molecular weight excluding hydrogens is 306 g/mol. The molecule has 1 fully saturated rings. The van der Waals surface area contributed by atoms with Crippen molar-refractivity contribution in [3.8, 4) is 0 Å². The van der Waals surface area contributed by atoms with Gasteiger partial charge >= 0.3 is 0 Å². The summed E-state index contributed by atoms with van der Waals surface area (Å²) >= 11 is 1.83. The highest BCUT2D eigenvalue weighted by Gasteiger charge is 2.30. The van der Waals surface area contributed by atoms with Crippen molar-refractivity contribution < 1.29 is 0 Å². The molecule has 1 saturated heterocycles. The van der Waals surface area contributed by atoms with Crippen molar-refractivity contribution in [2.45, 2.75) is 19.9 Å². The Hall–Kier alpha value is -1.63. The minimum atomic E-state index is 0.799. The van der Waals surface area contributed by atoms with Gasteiger partial charge in [-0.3, -0.25) is 5.01 Å². The molecule has 2 aromatic rings. The van der Waals surface area contributed by atoms with E-state index >= 15 is 0 Å². The summed E-state index contributed by atoms with van der Waals surface area (Å²) in [4.78, 5) is 7.24. The summed E-state index contributed by atoms with van der Waals surface area (Å²) < 4.78 is 0. The molecule has 1 aromatic carbocycles. The summed E-state index contributed by atoms with van der Waals surface area (Å²) in [5, 5.41) is 10.9. The molecule has 6 heteroatoms. The molecule has 0 spiro atoms. The number of likely N-dealkylation sites (N-methyl/N-ethyl adjacent to an activating group) is 1. The fraction of sp³-hybridized carbons (Fsp3) is 0.471. The highest BCUT2D eigenvalue weighted by molar-refractivity contribution is 7.16. The fourth-order valence-electron chi connectivity index (χ4n) is 3.20. The van der Waals surface area contributed by atoms with Crippen molar-refractivity contribution in [2.24, 2.45) is 0 Å². The van der Waals surface area contributed by atoms with Crippen LogP contribution < -0.4 is 10.3 Å². The lowest BCUT2D eigenvalue weighted by Gasteiger charge is -2.40. The molecule has 23 heavy (non-hydrogen) atoms. The van der Waals surface area contributed by atoms with Gasteiger partial charge in [0.2, 0.25) is 0 Å². The Morgan fingerprint density at radius 1 is 1.17 bits per heavy atom. The van der Waals surface area contributed by atoms with Crippen LogP contribution in [0.5, 0.6) is 0 Å². The van der Waals surface area contributed by atoms with Crippen LogP contribution in [0.15, 0.2) is 24.3 Å². The van der Waals surface area contributed by atoms with Gasteiger partial charge in [0.1, 0.15) is 5.00 Å². The molecule has 0 aliphatic carbocycles. The van der Waals surface area contributed by atoms with Gasteiger partial charge in [-0.25, -0.2) is 9.99 Å². The summed E-state index contributed by atoms with van der Waals surface area (Å²) in [6.45, 7) is 7.27. The van der Waals surface area contributed by atoms with Crippen LogP contribution in [0.25, 0.3) is 0 Å². The fourth-order valence-corrected chi connectivity index (χ4v) is 4.26. The molecule has 0 unspecified atom stereocenters. The molecule has 4 rings (SSSR count). The lowest BCUT2D eigenvalue weighted by atomic mass is 10.2. The predicted octanol–water partition coefficient (Wildman–Crippen LogP) is 2.93. The number of hydrazine groups is 1. The molecule has 1 N–H and O–H groups in total. The molecule has 0 atom stereocenters.